The van der Waals surface area contributed by atoms with Crippen LogP contribution in [-0.4, -0.2) is 31.8 Å². The summed E-state index contributed by atoms with van der Waals surface area (Å²) in [4.78, 5) is 11.5. The first-order valence-electron chi connectivity index (χ1n) is 6.84. The van der Waals surface area contributed by atoms with E-state index in [9.17, 15) is 4.79 Å². The lowest BCUT2D eigenvalue weighted by Crippen LogP contribution is -2.31. The van der Waals surface area contributed by atoms with Gasteiger partial charge in [-0.15, -0.1) is 12.4 Å². The van der Waals surface area contributed by atoms with Crippen molar-refractivity contribution >= 4 is 40.7 Å². The first kappa shape index (κ1) is 16.9. The summed E-state index contributed by atoms with van der Waals surface area (Å²) in [5.74, 6) is 0.536. The number of halogens is 2. The summed E-state index contributed by atoms with van der Waals surface area (Å²) in [5, 5.41) is 5.76. The molecule has 1 aliphatic heterocycles. The van der Waals surface area contributed by atoms with E-state index in [2.05, 4.69) is 5.32 Å². The van der Waals surface area contributed by atoms with Gasteiger partial charge in [0, 0.05) is 28.8 Å². The summed E-state index contributed by atoms with van der Waals surface area (Å²) in [7, 11) is 1.39. The maximum absolute atomic E-state index is 11.5. The number of benzene rings is 2. The van der Waals surface area contributed by atoms with Crippen LogP contribution in [0.15, 0.2) is 36.4 Å². The highest BCUT2D eigenvalue weighted by Gasteiger charge is 2.31. The first-order chi connectivity index (χ1) is 10.2. The van der Waals surface area contributed by atoms with E-state index in [-0.39, 0.29) is 30.5 Å². The van der Waals surface area contributed by atoms with E-state index < -0.39 is 0 Å². The molecular weight excluding hydrogens is 325 g/mol. The molecule has 118 valence electrons. The summed E-state index contributed by atoms with van der Waals surface area (Å²) in [6.45, 7) is 0.622. The van der Waals surface area contributed by atoms with Crippen LogP contribution in [0.4, 0.5) is 0 Å². The van der Waals surface area contributed by atoms with Gasteiger partial charge in [0.1, 0.15) is 17.9 Å². The van der Waals surface area contributed by atoms with Gasteiger partial charge >= 0.3 is 5.97 Å². The molecule has 1 saturated heterocycles. The van der Waals surface area contributed by atoms with Crippen LogP contribution in [0.3, 0.4) is 0 Å². The van der Waals surface area contributed by atoms with E-state index in [1.165, 1.54) is 7.11 Å². The Balaban J connectivity index is 0.00000176. The van der Waals surface area contributed by atoms with Crippen molar-refractivity contribution in [2.75, 3.05) is 13.7 Å². The third-order valence-corrected chi connectivity index (χ3v) is 4.03. The number of rotatable bonds is 3. The second-order valence-electron chi connectivity index (χ2n) is 5.05. The van der Waals surface area contributed by atoms with Gasteiger partial charge in [-0.1, -0.05) is 35.9 Å². The van der Waals surface area contributed by atoms with Crippen molar-refractivity contribution in [3.05, 3.63) is 41.4 Å². The molecule has 0 amide bonds. The largest absolute Gasteiger partial charge is 0.488 e. The number of esters is 1. The second-order valence-corrected chi connectivity index (χ2v) is 5.46. The van der Waals surface area contributed by atoms with Crippen LogP contribution in [0.5, 0.6) is 5.75 Å². The fraction of sp³-hybridized carbons (Fsp3) is 0.312. The molecule has 2 atom stereocenters. The minimum atomic E-state index is -0.293. The van der Waals surface area contributed by atoms with Crippen LogP contribution in [0.1, 0.15) is 6.42 Å². The Morgan fingerprint density at radius 2 is 1.95 bits per heavy atom. The standard InChI is InChI=1S/C16H16ClNO3.ClH/c1-20-16(19)14-8-10(9-18-14)21-15-7-6-13(17)11-4-2-3-5-12(11)15;/h2-7,10,14,18H,8-9H2,1H3;1H. The number of ether oxygens (including phenoxy) is 2. The predicted octanol–water partition coefficient (Wildman–Crippen LogP) is 3.20. The molecule has 0 saturated carbocycles. The van der Waals surface area contributed by atoms with E-state index in [1.54, 1.807) is 0 Å². The molecule has 0 radical (unpaired) electrons. The highest BCUT2D eigenvalue weighted by molar-refractivity contribution is 6.35. The Bertz CT molecular complexity index is 677. The zero-order chi connectivity index (χ0) is 14.8. The molecule has 0 spiro atoms. The lowest BCUT2D eigenvalue weighted by molar-refractivity contribution is -0.142. The minimum Gasteiger partial charge on any atom is -0.488 e. The Labute approximate surface area is 140 Å². The van der Waals surface area contributed by atoms with Gasteiger partial charge in [0.25, 0.3) is 0 Å². The molecule has 1 N–H and O–H groups in total. The van der Waals surface area contributed by atoms with Gasteiger partial charge in [-0.05, 0) is 12.1 Å². The Morgan fingerprint density at radius 1 is 1.23 bits per heavy atom. The van der Waals surface area contributed by atoms with Crippen molar-refractivity contribution in [2.24, 2.45) is 0 Å². The normalized spacial score (nSPS) is 20.5. The fourth-order valence-corrected chi connectivity index (χ4v) is 2.86. The van der Waals surface area contributed by atoms with Crippen LogP contribution in [0.2, 0.25) is 5.02 Å². The van der Waals surface area contributed by atoms with Crippen molar-refractivity contribution in [3.8, 4) is 5.75 Å². The average Bonchev–Trinajstić information content (AvgIpc) is 2.98. The molecule has 1 fully saturated rings. The van der Waals surface area contributed by atoms with Gasteiger partial charge in [-0.25, -0.2) is 0 Å². The molecule has 3 rings (SSSR count). The maximum Gasteiger partial charge on any atom is 0.323 e. The highest BCUT2D eigenvalue weighted by Crippen LogP contribution is 2.32. The number of methoxy groups -OCH3 is 1. The molecule has 22 heavy (non-hydrogen) atoms. The summed E-state index contributed by atoms with van der Waals surface area (Å²) < 4.78 is 10.8. The van der Waals surface area contributed by atoms with Crippen LogP contribution in [0, 0.1) is 0 Å². The summed E-state index contributed by atoms with van der Waals surface area (Å²) in [6.07, 6.45) is 0.544. The molecule has 2 aromatic rings. The zero-order valence-corrected chi connectivity index (χ0v) is 13.6. The quantitative estimate of drug-likeness (QED) is 0.871. The average molecular weight is 342 g/mol. The third kappa shape index (κ3) is 3.29. The molecule has 2 aromatic carbocycles. The summed E-state index contributed by atoms with van der Waals surface area (Å²) in [5.41, 5.74) is 0. The lowest BCUT2D eigenvalue weighted by Gasteiger charge is -2.15. The molecule has 1 aliphatic rings. The number of hydrogen-bond donors (Lipinski definition) is 1. The molecule has 0 aliphatic carbocycles. The molecule has 4 nitrogen and oxygen atoms in total. The van der Waals surface area contributed by atoms with Crippen molar-refractivity contribution in [3.63, 3.8) is 0 Å². The molecule has 2 unspecified atom stereocenters. The Kier molecular flexibility index (Phi) is 5.51. The van der Waals surface area contributed by atoms with Crippen molar-refractivity contribution in [1.29, 1.82) is 0 Å². The number of hydrogen-bond acceptors (Lipinski definition) is 4. The van der Waals surface area contributed by atoms with Crippen LogP contribution in [0.25, 0.3) is 10.8 Å². The van der Waals surface area contributed by atoms with E-state index in [4.69, 9.17) is 21.1 Å². The van der Waals surface area contributed by atoms with E-state index in [0.29, 0.717) is 18.0 Å². The summed E-state index contributed by atoms with van der Waals surface area (Å²) >= 11 is 6.20. The molecule has 0 bridgehead atoms. The van der Waals surface area contributed by atoms with Gasteiger partial charge in [0.05, 0.1) is 7.11 Å². The highest BCUT2D eigenvalue weighted by atomic mass is 35.5. The van der Waals surface area contributed by atoms with Gasteiger partial charge < -0.3 is 14.8 Å². The van der Waals surface area contributed by atoms with E-state index >= 15 is 0 Å². The second kappa shape index (κ2) is 7.18. The van der Waals surface area contributed by atoms with Crippen LogP contribution >= 0.6 is 24.0 Å². The molecule has 6 heteroatoms. The number of carbonyl (C=O) groups excluding carboxylic acids is 1. The third-order valence-electron chi connectivity index (χ3n) is 3.70. The minimum absolute atomic E-state index is 0. The number of nitrogens with one attached hydrogen (secondary N) is 1. The van der Waals surface area contributed by atoms with Crippen LogP contribution in [-0.2, 0) is 9.53 Å². The maximum atomic E-state index is 11.5. The van der Waals surface area contributed by atoms with Crippen molar-refractivity contribution in [2.45, 2.75) is 18.6 Å². The monoisotopic (exact) mass is 341 g/mol. The summed E-state index contributed by atoms with van der Waals surface area (Å²) in [6, 6.07) is 11.3. The molecule has 1 heterocycles. The van der Waals surface area contributed by atoms with Crippen LogP contribution < -0.4 is 10.1 Å². The van der Waals surface area contributed by atoms with Gasteiger partial charge in [-0.2, -0.15) is 0 Å². The van der Waals surface area contributed by atoms with E-state index in [1.807, 2.05) is 36.4 Å². The first-order valence-corrected chi connectivity index (χ1v) is 7.22. The topological polar surface area (TPSA) is 47.6 Å². The van der Waals surface area contributed by atoms with Gasteiger partial charge in [0.15, 0.2) is 0 Å². The smallest absolute Gasteiger partial charge is 0.323 e. The molecule has 0 aromatic heterocycles. The van der Waals surface area contributed by atoms with Crippen molar-refractivity contribution < 1.29 is 14.3 Å². The molecular formula is C16H17Cl2NO3. The SMILES string of the molecule is COC(=O)C1CC(Oc2ccc(Cl)c3ccccc23)CN1.Cl. The fourth-order valence-electron chi connectivity index (χ4n) is 2.63. The van der Waals surface area contributed by atoms with Crippen molar-refractivity contribution in [1.82, 2.24) is 5.32 Å². The van der Waals surface area contributed by atoms with E-state index in [0.717, 1.165) is 16.5 Å². The number of carbonyl (C=O) groups is 1. The Morgan fingerprint density at radius 3 is 2.68 bits per heavy atom. The van der Waals surface area contributed by atoms with Gasteiger partial charge in [0.2, 0.25) is 0 Å². The number of fused-ring (bicyclic) bond motifs is 1. The van der Waals surface area contributed by atoms with Gasteiger partial charge in [-0.3, -0.25) is 4.79 Å². The zero-order valence-electron chi connectivity index (χ0n) is 12.0. The lowest BCUT2D eigenvalue weighted by atomic mass is 10.1. The predicted molar refractivity (Wildman–Crippen MR) is 89.0 cm³/mol. The Hall–Kier alpha value is -1.49.